The number of rotatable bonds is 2. The van der Waals surface area contributed by atoms with Gasteiger partial charge >= 0.3 is 0 Å². The van der Waals surface area contributed by atoms with Crippen LogP contribution in [0, 0.1) is 0 Å². The number of hydrogen-bond acceptors (Lipinski definition) is 3. The standard InChI is InChI=1S/C10H16N2O2/c13-9-6-5-8(10(14)12-9)11-7-3-1-2-4-7/h7-8,11H,1-6H2,(H,12,13,14). The highest BCUT2D eigenvalue weighted by Gasteiger charge is 2.29. The van der Waals surface area contributed by atoms with Gasteiger partial charge in [-0.25, -0.2) is 0 Å². The fourth-order valence-electron chi connectivity index (χ4n) is 2.23. The average Bonchev–Trinajstić information content (AvgIpc) is 2.62. The largest absolute Gasteiger partial charge is 0.303 e. The summed E-state index contributed by atoms with van der Waals surface area (Å²) in [4.78, 5) is 22.3. The molecule has 1 aliphatic heterocycles. The van der Waals surface area contributed by atoms with Crippen molar-refractivity contribution in [3.05, 3.63) is 0 Å². The molecule has 2 fully saturated rings. The molecular weight excluding hydrogens is 180 g/mol. The molecule has 1 aliphatic carbocycles. The zero-order chi connectivity index (χ0) is 9.97. The molecule has 0 aromatic heterocycles. The maximum absolute atomic E-state index is 11.4. The Kier molecular flexibility index (Phi) is 2.82. The zero-order valence-electron chi connectivity index (χ0n) is 8.21. The highest BCUT2D eigenvalue weighted by atomic mass is 16.2. The van der Waals surface area contributed by atoms with Crippen LogP contribution in [-0.4, -0.2) is 23.9 Å². The van der Waals surface area contributed by atoms with E-state index in [0.717, 1.165) is 12.8 Å². The van der Waals surface area contributed by atoms with E-state index in [1.165, 1.54) is 12.8 Å². The van der Waals surface area contributed by atoms with Crippen molar-refractivity contribution in [1.82, 2.24) is 10.6 Å². The maximum Gasteiger partial charge on any atom is 0.243 e. The van der Waals surface area contributed by atoms with E-state index >= 15 is 0 Å². The van der Waals surface area contributed by atoms with E-state index in [4.69, 9.17) is 0 Å². The van der Waals surface area contributed by atoms with Crippen LogP contribution >= 0.6 is 0 Å². The fraction of sp³-hybridized carbons (Fsp3) is 0.800. The highest BCUT2D eigenvalue weighted by Crippen LogP contribution is 2.19. The van der Waals surface area contributed by atoms with Gasteiger partial charge in [0.25, 0.3) is 0 Å². The summed E-state index contributed by atoms with van der Waals surface area (Å²) in [6, 6.07) is 0.342. The highest BCUT2D eigenvalue weighted by molar-refractivity contribution is 6.00. The molecule has 2 aliphatic rings. The number of hydrogen-bond donors (Lipinski definition) is 2. The molecular formula is C10H16N2O2. The summed E-state index contributed by atoms with van der Waals surface area (Å²) >= 11 is 0. The number of imide groups is 1. The Bertz CT molecular complexity index is 247. The van der Waals surface area contributed by atoms with Crippen molar-refractivity contribution < 1.29 is 9.59 Å². The molecule has 78 valence electrons. The molecule has 0 aromatic carbocycles. The summed E-state index contributed by atoms with van der Waals surface area (Å²) in [5.74, 6) is -0.285. The zero-order valence-corrected chi connectivity index (χ0v) is 8.21. The number of carbonyl (C=O) groups is 2. The minimum Gasteiger partial charge on any atom is -0.303 e. The first-order valence-electron chi connectivity index (χ1n) is 5.35. The fourth-order valence-corrected chi connectivity index (χ4v) is 2.23. The van der Waals surface area contributed by atoms with E-state index in [2.05, 4.69) is 10.6 Å². The number of piperidine rings is 1. The molecule has 2 rings (SSSR count). The quantitative estimate of drug-likeness (QED) is 0.625. The van der Waals surface area contributed by atoms with Gasteiger partial charge in [0.1, 0.15) is 0 Å². The molecule has 4 heteroatoms. The average molecular weight is 196 g/mol. The maximum atomic E-state index is 11.4. The van der Waals surface area contributed by atoms with Gasteiger partial charge in [-0.15, -0.1) is 0 Å². The third-order valence-electron chi connectivity index (χ3n) is 3.03. The monoisotopic (exact) mass is 196 g/mol. The molecule has 0 bridgehead atoms. The van der Waals surface area contributed by atoms with Crippen molar-refractivity contribution in [2.45, 2.75) is 50.6 Å². The van der Waals surface area contributed by atoms with Gasteiger partial charge in [0.2, 0.25) is 11.8 Å². The third kappa shape index (κ3) is 2.12. The van der Waals surface area contributed by atoms with Gasteiger partial charge < -0.3 is 5.32 Å². The second kappa shape index (κ2) is 4.09. The Labute approximate surface area is 83.4 Å². The van der Waals surface area contributed by atoms with Gasteiger partial charge in [0, 0.05) is 12.5 Å². The second-order valence-electron chi connectivity index (χ2n) is 4.15. The van der Waals surface area contributed by atoms with Crippen LogP contribution in [0.1, 0.15) is 38.5 Å². The van der Waals surface area contributed by atoms with Crippen molar-refractivity contribution in [2.75, 3.05) is 0 Å². The molecule has 14 heavy (non-hydrogen) atoms. The topological polar surface area (TPSA) is 58.2 Å². The second-order valence-corrected chi connectivity index (χ2v) is 4.15. The molecule has 0 aromatic rings. The first-order chi connectivity index (χ1) is 6.75. The van der Waals surface area contributed by atoms with Crippen LogP contribution in [0.15, 0.2) is 0 Å². The van der Waals surface area contributed by atoms with Crippen molar-refractivity contribution >= 4 is 11.8 Å². The summed E-state index contributed by atoms with van der Waals surface area (Å²) in [5, 5.41) is 5.69. The van der Waals surface area contributed by atoms with E-state index in [1.807, 2.05) is 0 Å². The van der Waals surface area contributed by atoms with Crippen LogP contribution in [-0.2, 0) is 9.59 Å². The summed E-state index contributed by atoms with van der Waals surface area (Å²) in [6.07, 6.45) is 5.96. The molecule has 2 N–H and O–H groups in total. The van der Waals surface area contributed by atoms with Crippen LogP contribution in [0.3, 0.4) is 0 Å². The molecule has 2 amide bonds. The number of nitrogens with one attached hydrogen (secondary N) is 2. The van der Waals surface area contributed by atoms with Gasteiger partial charge in [0.15, 0.2) is 0 Å². The Morgan fingerprint density at radius 3 is 2.50 bits per heavy atom. The minimum absolute atomic E-state index is 0.139. The first-order valence-corrected chi connectivity index (χ1v) is 5.35. The minimum atomic E-state index is -0.145. The van der Waals surface area contributed by atoms with Gasteiger partial charge in [-0.3, -0.25) is 14.9 Å². The van der Waals surface area contributed by atoms with Crippen molar-refractivity contribution in [1.29, 1.82) is 0 Å². The lowest BCUT2D eigenvalue weighted by molar-refractivity contribution is -0.134. The molecule has 1 atom stereocenters. The lowest BCUT2D eigenvalue weighted by atomic mass is 10.0. The smallest absolute Gasteiger partial charge is 0.243 e. The Morgan fingerprint density at radius 1 is 1.14 bits per heavy atom. The molecule has 0 radical (unpaired) electrons. The predicted octanol–water partition coefficient (Wildman–Crippen LogP) is 0.324. The van der Waals surface area contributed by atoms with E-state index in [9.17, 15) is 9.59 Å². The first kappa shape index (κ1) is 9.65. The van der Waals surface area contributed by atoms with Crippen LogP contribution in [0.5, 0.6) is 0 Å². The molecule has 1 saturated carbocycles. The Hall–Kier alpha value is -0.900. The SMILES string of the molecule is O=C1CCC(NC2CCCC2)C(=O)N1. The Balaban J connectivity index is 1.85. The normalized spacial score (nSPS) is 29.3. The van der Waals surface area contributed by atoms with Crippen LogP contribution in [0.2, 0.25) is 0 Å². The van der Waals surface area contributed by atoms with E-state index in [0.29, 0.717) is 18.9 Å². The molecule has 0 spiro atoms. The predicted molar refractivity (Wildman–Crippen MR) is 51.6 cm³/mol. The molecule has 1 saturated heterocycles. The van der Waals surface area contributed by atoms with Gasteiger partial charge in [-0.05, 0) is 19.3 Å². The summed E-state index contributed by atoms with van der Waals surface area (Å²) < 4.78 is 0. The van der Waals surface area contributed by atoms with Gasteiger partial charge in [-0.2, -0.15) is 0 Å². The van der Waals surface area contributed by atoms with Crippen LogP contribution < -0.4 is 10.6 Å². The van der Waals surface area contributed by atoms with E-state index in [1.54, 1.807) is 0 Å². The molecule has 4 nitrogen and oxygen atoms in total. The summed E-state index contributed by atoms with van der Waals surface area (Å²) in [6.45, 7) is 0. The van der Waals surface area contributed by atoms with Crippen LogP contribution in [0.4, 0.5) is 0 Å². The molecule has 1 heterocycles. The van der Waals surface area contributed by atoms with Crippen LogP contribution in [0.25, 0.3) is 0 Å². The number of amides is 2. The van der Waals surface area contributed by atoms with E-state index < -0.39 is 0 Å². The van der Waals surface area contributed by atoms with Gasteiger partial charge in [-0.1, -0.05) is 12.8 Å². The molecule has 1 unspecified atom stereocenters. The Morgan fingerprint density at radius 2 is 1.86 bits per heavy atom. The van der Waals surface area contributed by atoms with E-state index in [-0.39, 0.29) is 17.9 Å². The van der Waals surface area contributed by atoms with Crippen molar-refractivity contribution in [3.63, 3.8) is 0 Å². The summed E-state index contributed by atoms with van der Waals surface area (Å²) in [7, 11) is 0. The van der Waals surface area contributed by atoms with Crippen molar-refractivity contribution in [3.8, 4) is 0 Å². The lowest BCUT2D eigenvalue weighted by Crippen LogP contribution is -2.52. The third-order valence-corrected chi connectivity index (χ3v) is 3.03. The number of carbonyl (C=O) groups excluding carboxylic acids is 2. The van der Waals surface area contributed by atoms with Crippen molar-refractivity contribution in [2.24, 2.45) is 0 Å². The lowest BCUT2D eigenvalue weighted by Gasteiger charge is -2.25. The van der Waals surface area contributed by atoms with Gasteiger partial charge in [0.05, 0.1) is 6.04 Å². The summed E-state index contributed by atoms with van der Waals surface area (Å²) in [5.41, 5.74) is 0.